The lowest BCUT2D eigenvalue weighted by Crippen LogP contribution is -2.26. The number of aryl methyl sites for hydroxylation is 3. The van der Waals surface area contributed by atoms with Gasteiger partial charge in [-0.05, 0) is 19.9 Å². The van der Waals surface area contributed by atoms with E-state index in [9.17, 15) is 4.79 Å². The Hall–Kier alpha value is -1.40. The predicted molar refractivity (Wildman–Crippen MR) is 49.7 cm³/mol. The molecule has 14 heavy (non-hydrogen) atoms. The molecule has 0 bridgehead atoms. The average Bonchev–Trinajstić information content (AvgIpc) is 2.42. The summed E-state index contributed by atoms with van der Waals surface area (Å²) in [4.78, 5) is 15.3. The highest BCUT2D eigenvalue weighted by atomic mass is 16.7. The van der Waals surface area contributed by atoms with Crippen molar-refractivity contribution in [3.05, 3.63) is 17.5 Å². The zero-order valence-electron chi connectivity index (χ0n) is 8.28. The summed E-state index contributed by atoms with van der Waals surface area (Å²) in [5.41, 5.74) is 3.81. The summed E-state index contributed by atoms with van der Waals surface area (Å²) >= 11 is 0. The van der Waals surface area contributed by atoms with Crippen LogP contribution in [0.25, 0.3) is 0 Å². The second-order valence-corrected chi connectivity index (χ2v) is 2.99. The second-order valence-electron chi connectivity index (χ2n) is 2.99. The number of hydrogen-bond donors (Lipinski definition) is 2. The Morgan fingerprint density at radius 3 is 2.93 bits per heavy atom. The van der Waals surface area contributed by atoms with Crippen LogP contribution in [0, 0.1) is 13.8 Å². The van der Waals surface area contributed by atoms with Crippen molar-refractivity contribution in [1.29, 1.82) is 0 Å². The van der Waals surface area contributed by atoms with Crippen molar-refractivity contribution in [3.63, 3.8) is 0 Å². The number of nitrogens with two attached hydrogens (primary N) is 1. The monoisotopic (exact) mass is 198 g/mol. The van der Waals surface area contributed by atoms with Gasteiger partial charge < -0.3 is 4.84 Å². The molecule has 6 nitrogen and oxygen atoms in total. The minimum atomic E-state index is -0.403. The molecule has 6 heteroatoms. The Morgan fingerprint density at radius 2 is 2.43 bits per heavy atom. The lowest BCUT2D eigenvalue weighted by Gasteiger charge is -2.03. The van der Waals surface area contributed by atoms with Crippen LogP contribution in [-0.4, -0.2) is 15.7 Å². The molecule has 0 aromatic carbocycles. The van der Waals surface area contributed by atoms with Crippen LogP contribution in [0.4, 0.5) is 0 Å². The maximum absolute atomic E-state index is 10.9. The Morgan fingerprint density at radius 1 is 1.71 bits per heavy atom. The van der Waals surface area contributed by atoms with Crippen LogP contribution < -0.4 is 11.4 Å². The molecule has 0 aliphatic carbocycles. The Labute approximate surface area is 82.0 Å². The van der Waals surface area contributed by atoms with E-state index in [1.807, 2.05) is 25.5 Å². The third-order valence-corrected chi connectivity index (χ3v) is 1.80. The molecular formula is C8H14N4O2. The lowest BCUT2D eigenvalue weighted by atomic mass is 10.4. The van der Waals surface area contributed by atoms with Gasteiger partial charge in [0, 0.05) is 5.69 Å². The number of nitrogens with one attached hydrogen (secondary N) is 1. The second kappa shape index (κ2) is 4.73. The van der Waals surface area contributed by atoms with Crippen molar-refractivity contribution in [1.82, 2.24) is 15.4 Å². The number of aromatic nitrogens is 2. The first-order chi connectivity index (χ1) is 6.63. The Bertz CT molecular complexity index is 321. The number of carbonyl (C=O) groups excluding carboxylic acids is 1. The Balaban J connectivity index is 2.45. The van der Waals surface area contributed by atoms with Gasteiger partial charge in [-0.15, -0.1) is 0 Å². The van der Waals surface area contributed by atoms with Gasteiger partial charge in [0.25, 0.3) is 0 Å². The molecule has 0 aliphatic heterocycles. The third-order valence-electron chi connectivity index (χ3n) is 1.80. The normalized spacial score (nSPS) is 10.2. The largest absolute Gasteiger partial charge is 0.356 e. The van der Waals surface area contributed by atoms with E-state index in [4.69, 9.17) is 5.84 Å². The molecule has 1 rings (SSSR count). The van der Waals surface area contributed by atoms with Gasteiger partial charge in [0.15, 0.2) is 0 Å². The van der Waals surface area contributed by atoms with E-state index in [0.717, 1.165) is 11.4 Å². The molecule has 0 saturated carbocycles. The van der Waals surface area contributed by atoms with Gasteiger partial charge in [0.2, 0.25) is 0 Å². The van der Waals surface area contributed by atoms with Crippen LogP contribution in [0.2, 0.25) is 0 Å². The molecule has 0 radical (unpaired) electrons. The van der Waals surface area contributed by atoms with E-state index in [0.29, 0.717) is 6.54 Å². The average molecular weight is 198 g/mol. The fourth-order valence-electron chi connectivity index (χ4n) is 1.22. The van der Waals surface area contributed by atoms with E-state index in [2.05, 4.69) is 9.94 Å². The molecule has 3 N–H and O–H groups in total. The van der Waals surface area contributed by atoms with Crippen LogP contribution in [0.3, 0.4) is 0 Å². The topological polar surface area (TPSA) is 82.2 Å². The van der Waals surface area contributed by atoms with E-state index in [-0.39, 0.29) is 6.42 Å². The fourth-order valence-corrected chi connectivity index (χ4v) is 1.22. The molecule has 78 valence electrons. The lowest BCUT2D eigenvalue weighted by molar-refractivity contribution is -0.151. The fraction of sp³-hybridized carbons (Fsp3) is 0.500. The molecule has 1 aromatic heterocycles. The van der Waals surface area contributed by atoms with Gasteiger partial charge in [-0.25, -0.2) is 5.84 Å². The van der Waals surface area contributed by atoms with E-state index < -0.39 is 5.97 Å². The van der Waals surface area contributed by atoms with Crippen LogP contribution in [0.5, 0.6) is 0 Å². The molecule has 1 heterocycles. The standard InChI is InChI=1S/C8H14N4O2/c1-6-5-7(2)12(10-6)4-3-8(13)14-11-9/h5,11H,3-4,9H2,1-2H3. The number of nitrogens with zero attached hydrogens (tertiary/aromatic N) is 2. The van der Waals surface area contributed by atoms with Crippen LogP contribution >= 0.6 is 0 Å². The molecule has 0 atom stereocenters. The highest BCUT2D eigenvalue weighted by Crippen LogP contribution is 2.02. The zero-order chi connectivity index (χ0) is 10.6. The smallest absolute Gasteiger partial charge is 0.328 e. The minimum Gasteiger partial charge on any atom is -0.356 e. The molecule has 0 fully saturated rings. The van der Waals surface area contributed by atoms with Gasteiger partial charge in [0.05, 0.1) is 18.7 Å². The molecule has 1 aromatic rings. The predicted octanol–water partition coefficient (Wildman–Crippen LogP) is -0.188. The maximum Gasteiger partial charge on any atom is 0.328 e. The van der Waals surface area contributed by atoms with Gasteiger partial charge in [0.1, 0.15) is 0 Å². The van der Waals surface area contributed by atoms with Crippen molar-refractivity contribution >= 4 is 5.97 Å². The van der Waals surface area contributed by atoms with Crippen molar-refractivity contribution < 1.29 is 9.63 Å². The molecule has 0 saturated heterocycles. The first-order valence-electron chi connectivity index (χ1n) is 4.30. The third kappa shape index (κ3) is 2.82. The van der Waals surface area contributed by atoms with Crippen molar-refractivity contribution in [2.75, 3.05) is 0 Å². The van der Waals surface area contributed by atoms with Crippen LogP contribution in [0.15, 0.2) is 6.07 Å². The minimum absolute atomic E-state index is 0.242. The summed E-state index contributed by atoms with van der Waals surface area (Å²) in [7, 11) is 0. The zero-order valence-corrected chi connectivity index (χ0v) is 8.28. The molecule has 0 unspecified atom stereocenters. The van der Waals surface area contributed by atoms with Gasteiger partial charge in [-0.3, -0.25) is 9.48 Å². The summed E-state index contributed by atoms with van der Waals surface area (Å²) in [5.74, 6) is 4.41. The van der Waals surface area contributed by atoms with Gasteiger partial charge in [-0.1, -0.05) is 5.59 Å². The highest BCUT2D eigenvalue weighted by Gasteiger charge is 2.05. The first-order valence-corrected chi connectivity index (χ1v) is 4.30. The van der Waals surface area contributed by atoms with E-state index in [1.54, 1.807) is 4.68 Å². The van der Waals surface area contributed by atoms with E-state index in [1.165, 1.54) is 0 Å². The summed E-state index contributed by atoms with van der Waals surface area (Å²) in [6.45, 7) is 4.34. The number of rotatable bonds is 4. The molecule has 0 spiro atoms. The Kier molecular flexibility index (Phi) is 3.61. The SMILES string of the molecule is Cc1cc(C)n(CCC(=O)ONN)n1. The summed E-state index contributed by atoms with van der Waals surface area (Å²) in [6.07, 6.45) is 0.242. The van der Waals surface area contributed by atoms with Gasteiger partial charge >= 0.3 is 5.97 Å². The maximum atomic E-state index is 10.9. The summed E-state index contributed by atoms with van der Waals surface area (Å²) < 4.78 is 1.76. The number of hydrogen-bond acceptors (Lipinski definition) is 5. The summed E-state index contributed by atoms with van der Waals surface area (Å²) in [6, 6.07) is 1.95. The molecule has 0 aliphatic rings. The van der Waals surface area contributed by atoms with Crippen molar-refractivity contribution in [2.45, 2.75) is 26.8 Å². The number of carbonyl (C=O) groups is 1. The number of hydrazine groups is 1. The van der Waals surface area contributed by atoms with E-state index >= 15 is 0 Å². The van der Waals surface area contributed by atoms with Gasteiger partial charge in [-0.2, -0.15) is 5.10 Å². The first kappa shape index (κ1) is 10.7. The van der Waals surface area contributed by atoms with Crippen LogP contribution in [0.1, 0.15) is 17.8 Å². The quantitative estimate of drug-likeness (QED) is 0.517. The summed E-state index contributed by atoms with van der Waals surface area (Å²) in [5, 5.41) is 4.20. The molecular weight excluding hydrogens is 184 g/mol. The molecule has 0 amide bonds. The van der Waals surface area contributed by atoms with Crippen molar-refractivity contribution in [3.8, 4) is 0 Å². The van der Waals surface area contributed by atoms with Crippen LogP contribution in [-0.2, 0) is 16.2 Å². The highest BCUT2D eigenvalue weighted by molar-refractivity contribution is 5.68. The van der Waals surface area contributed by atoms with Crippen molar-refractivity contribution in [2.24, 2.45) is 5.84 Å².